The number of allylic oxidation sites excluding steroid dienone is 18. The van der Waals surface area contributed by atoms with Gasteiger partial charge in [-0.1, -0.05) is 201 Å². The summed E-state index contributed by atoms with van der Waals surface area (Å²) in [5, 5.41) is 9.80. The lowest BCUT2D eigenvalue weighted by Crippen LogP contribution is -2.30. The van der Waals surface area contributed by atoms with Gasteiger partial charge in [-0.15, -0.1) is 0 Å². The number of phosphoric acid groups is 1. The average Bonchev–Trinajstić information content (AvgIpc) is 3.39. The van der Waals surface area contributed by atoms with Gasteiger partial charge in [-0.05, 0) is 116 Å². The second-order valence-corrected chi connectivity index (χ2v) is 20.2. The summed E-state index contributed by atoms with van der Waals surface area (Å²) >= 11 is 0. The number of aliphatic hydroxyl groups is 1. The number of unbranched alkanes of at least 4 members (excludes halogenated alkanes) is 17. The topological polar surface area (TPSA) is 155 Å². The lowest BCUT2D eigenvalue weighted by Gasteiger charge is -2.21. The van der Waals surface area contributed by atoms with Crippen LogP contribution in [0.3, 0.4) is 0 Å². The van der Waals surface area contributed by atoms with Crippen LogP contribution < -0.4 is 0 Å². The molecule has 0 aliphatic heterocycles. The van der Waals surface area contributed by atoms with Crippen LogP contribution in [0.25, 0.3) is 0 Å². The fourth-order valence-corrected chi connectivity index (χ4v) is 8.07. The molecule has 0 spiro atoms. The number of carbonyl (C=O) groups excluding carboxylic acids is 3. The van der Waals surface area contributed by atoms with E-state index in [0.717, 1.165) is 122 Å². The fraction of sp³-hybridized carbons (Fsp3) is 0.661. The Morgan fingerprint density at radius 2 is 0.743 bits per heavy atom. The number of hydrogen-bond acceptors (Lipinski definition) is 10. The minimum Gasteiger partial charge on any atom is -0.462 e. The molecule has 0 aliphatic rings. The summed E-state index contributed by atoms with van der Waals surface area (Å²) < 4.78 is 39.4. The van der Waals surface area contributed by atoms with E-state index >= 15 is 0 Å². The van der Waals surface area contributed by atoms with Gasteiger partial charge in [-0.3, -0.25) is 23.4 Å². The molecule has 422 valence electrons. The Hall–Kier alpha value is -3.86. The van der Waals surface area contributed by atoms with Crippen LogP contribution in [0.1, 0.15) is 226 Å². The molecule has 11 nitrogen and oxygen atoms in total. The third kappa shape index (κ3) is 53.0. The van der Waals surface area contributed by atoms with E-state index in [9.17, 15) is 28.9 Å². The molecule has 0 aromatic carbocycles. The van der Waals surface area contributed by atoms with Crippen LogP contribution in [0.5, 0.6) is 0 Å². The quantitative estimate of drug-likeness (QED) is 0.0197. The smallest absolute Gasteiger partial charge is 0.462 e. The number of carbonyl (C=O) groups is 3. The molecule has 3 unspecified atom stereocenters. The van der Waals surface area contributed by atoms with Gasteiger partial charge in [0.05, 0.1) is 19.8 Å². The maximum absolute atomic E-state index is 12.9. The first-order chi connectivity index (χ1) is 36.2. The molecule has 0 aromatic rings. The molecule has 0 bridgehead atoms. The molecule has 74 heavy (non-hydrogen) atoms. The lowest BCUT2D eigenvalue weighted by atomic mass is 10.1. The molecular weight excluding hydrogens is 952 g/mol. The van der Waals surface area contributed by atoms with E-state index < -0.39 is 57.8 Å². The van der Waals surface area contributed by atoms with Crippen molar-refractivity contribution in [1.82, 2.24) is 0 Å². The second-order valence-electron chi connectivity index (χ2n) is 18.7. The van der Waals surface area contributed by atoms with E-state index in [1.54, 1.807) is 0 Å². The predicted octanol–water partition coefficient (Wildman–Crippen LogP) is 17.0. The highest BCUT2D eigenvalue weighted by Crippen LogP contribution is 2.43. The first-order valence-electron chi connectivity index (χ1n) is 28.8. The van der Waals surface area contributed by atoms with Crippen LogP contribution in [0.15, 0.2) is 109 Å². The standard InChI is InChI=1S/C62H103O11P/c1-4-7-10-13-16-19-22-25-27-29-31-34-36-39-42-45-48-51-60(64)69-55-59(73-62(66)53-50-47-44-41-38-35-32-30-28-26-23-20-17-14-11-8-5-2)57-71-74(67,68)70-56-58(54-63)72-61(65)52-49-46-43-40-37-33-24-21-18-15-12-9-6-3/h7,10,12,15-17,19-21,24-28,31,34,39,42,58-59,63H,4-6,8-9,11,13-14,18,22-23,29-30,32-33,35-38,40-41,43-57H2,1-3H3,(H,67,68)/b10-7-,15-12-,19-16-,20-17-,24-21-,27-25-,28-26-,34-31-,42-39-. The molecule has 0 saturated heterocycles. The molecule has 0 rings (SSSR count). The van der Waals surface area contributed by atoms with Crippen molar-refractivity contribution in [3.63, 3.8) is 0 Å². The number of aliphatic hydroxyl groups excluding tert-OH is 1. The first-order valence-corrected chi connectivity index (χ1v) is 30.3. The molecule has 2 N–H and O–H groups in total. The normalized spacial score (nSPS) is 14.2. The number of rotatable bonds is 52. The maximum Gasteiger partial charge on any atom is 0.472 e. The molecular formula is C62H103O11P. The number of phosphoric ester groups is 1. The van der Waals surface area contributed by atoms with Crippen molar-refractivity contribution in [2.75, 3.05) is 26.4 Å². The van der Waals surface area contributed by atoms with Crippen LogP contribution in [0.4, 0.5) is 0 Å². The number of hydrogen-bond donors (Lipinski definition) is 2. The summed E-state index contributed by atoms with van der Waals surface area (Å²) in [5.41, 5.74) is 0. The zero-order valence-corrected chi connectivity index (χ0v) is 47.4. The van der Waals surface area contributed by atoms with Gasteiger partial charge in [0, 0.05) is 19.3 Å². The van der Waals surface area contributed by atoms with Gasteiger partial charge in [0.25, 0.3) is 0 Å². The summed E-state index contributed by atoms with van der Waals surface area (Å²) in [4.78, 5) is 48.5. The van der Waals surface area contributed by atoms with E-state index in [2.05, 4.69) is 124 Å². The van der Waals surface area contributed by atoms with Gasteiger partial charge in [-0.25, -0.2) is 4.57 Å². The van der Waals surface area contributed by atoms with Crippen molar-refractivity contribution in [3.8, 4) is 0 Å². The van der Waals surface area contributed by atoms with Gasteiger partial charge in [-0.2, -0.15) is 0 Å². The molecule has 0 heterocycles. The molecule has 0 saturated carbocycles. The fourth-order valence-electron chi connectivity index (χ4n) is 7.28. The third-order valence-electron chi connectivity index (χ3n) is 11.6. The van der Waals surface area contributed by atoms with Crippen molar-refractivity contribution in [2.45, 2.75) is 238 Å². The lowest BCUT2D eigenvalue weighted by molar-refractivity contribution is -0.161. The van der Waals surface area contributed by atoms with Crippen molar-refractivity contribution in [2.24, 2.45) is 0 Å². The van der Waals surface area contributed by atoms with Gasteiger partial charge in [0.1, 0.15) is 12.7 Å². The minimum absolute atomic E-state index is 0.140. The van der Waals surface area contributed by atoms with Crippen molar-refractivity contribution in [3.05, 3.63) is 109 Å². The zero-order valence-electron chi connectivity index (χ0n) is 46.5. The average molecular weight is 1060 g/mol. The molecule has 0 amide bonds. The van der Waals surface area contributed by atoms with Crippen LogP contribution in [-0.4, -0.2) is 66.5 Å². The van der Waals surface area contributed by atoms with E-state index in [1.807, 2.05) is 6.08 Å². The van der Waals surface area contributed by atoms with Crippen molar-refractivity contribution in [1.29, 1.82) is 0 Å². The molecule has 0 aromatic heterocycles. The largest absolute Gasteiger partial charge is 0.472 e. The summed E-state index contributed by atoms with van der Waals surface area (Å²) in [6.45, 7) is 4.34. The highest BCUT2D eigenvalue weighted by molar-refractivity contribution is 7.47. The molecule has 0 fully saturated rings. The number of esters is 3. The van der Waals surface area contributed by atoms with E-state index in [0.29, 0.717) is 25.7 Å². The predicted molar refractivity (Wildman–Crippen MR) is 307 cm³/mol. The van der Waals surface area contributed by atoms with Gasteiger partial charge >= 0.3 is 25.7 Å². The Morgan fingerprint density at radius 3 is 1.18 bits per heavy atom. The second kappa shape index (κ2) is 55.4. The third-order valence-corrected chi connectivity index (χ3v) is 12.6. The van der Waals surface area contributed by atoms with Crippen LogP contribution >= 0.6 is 7.82 Å². The zero-order chi connectivity index (χ0) is 54.1. The van der Waals surface area contributed by atoms with Gasteiger partial charge in [0.2, 0.25) is 0 Å². The molecule has 3 atom stereocenters. The Bertz CT molecular complexity index is 1660. The summed E-state index contributed by atoms with van der Waals surface area (Å²) in [5.74, 6) is -1.57. The van der Waals surface area contributed by atoms with Crippen LogP contribution in [-0.2, 0) is 42.2 Å². The van der Waals surface area contributed by atoms with Crippen LogP contribution in [0, 0.1) is 0 Å². The molecule has 12 heteroatoms. The summed E-state index contributed by atoms with van der Waals surface area (Å²) in [6.07, 6.45) is 66.2. The Kier molecular flexibility index (Phi) is 52.5. The van der Waals surface area contributed by atoms with Gasteiger partial charge < -0.3 is 24.2 Å². The minimum atomic E-state index is -4.77. The Labute approximate surface area is 450 Å². The Balaban J connectivity index is 4.85. The molecule has 0 radical (unpaired) electrons. The molecule has 0 aliphatic carbocycles. The summed E-state index contributed by atoms with van der Waals surface area (Å²) in [6, 6.07) is 0. The SMILES string of the molecule is CC/C=C\C/C=C\C/C=C\C/C=C\C/C=C\CCCC(=O)OCC(COP(=O)(O)OCC(CO)OC(=O)CCCCCCC/C=C\C/C=C\CCC)OC(=O)CCCCCCCCC/C=C\C/C=C\CCCCC. The van der Waals surface area contributed by atoms with E-state index in [-0.39, 0.29) is 25.9 Å². The van der Waals surface area contributed by atoms with Crippen molar-refractivity contribution < 1.29 is 52.2 Å². The summed E-state index contributed by atoms with van der Waals surface area (Å²) in [7, 11) is -4.77. The van der Waals surface area contributed by atoms with Crippen LogP contribution in [0.2, 0.25) is 0 Å². The van der Waals surface area contributed by atoms with Crippen molar-refractivity contribution >= 4 is 25.7 Å². The first kappa shape index (κ1) is 70.1. The monoisotopic (exact) mass is 1050 g/mol. The maximum atomic E-state index is 12.9. The van der Waals surface area contributed by atoms with E-state index in [4.69, 9.17) is 23.3 Å². The highest BCUT2D eigenvalue weighted by Gasteiger charge is 2.28. The van der Waals surface area contributed by atoms with E-state index in [1.165, 1.54) is 38.5 Å². The van der Waals surface area contributed by atoms with Gasteiger partial charge in [0.15, 0.2) is 6.10 Å². The Morgan fingerprint density at radius 1 is 0.392 bits per heavy atom. The highest BCUT2D eigenvalue weighted by atomic mass is 31.2. The number of ether oxygens (including phenoxy) is 3.